The van der Waals surface area contributed by atoms with E-state index in [0.29, 0.717) is 0 Å². The van der Waals surface area contributed by atoms with E-state index in [1.165, 1.54) is 0 Å². The third-order valence-corrected chi connectivity index (χ3v) is 1.93. The normalized spacial score (nSPS) is 12.2. The minimum Gasteiger partial charge on any atom is -0.0882 e. The van der Waals surface area contributed by atoms with Crippen molar-refractivity contribution in [2.45, 2.75) is 27.7 Å². The van der Waals surface area contributed by atoms with Crippen molar-refractivity contribution in [2.75, 3.05) is 0 Å². The summed E-state index contributed by atoms with van der Waals surface area (Å²) in [4.78, 5) is 0. The monoisotopic (exact) mass is 224 g/mol. The van der Waals surface area contributed by atoms with Crippen LogP contribution in [0.15, 0.2) is 21.7 Å². The highest BCUT2D eigenvalue weighted by Crippen LogP contribution is 2.15. The predicted molar refractivity (Wildman–Crippen MR) is 53.6 cm³/mol. The molecule has 0 bridgehead atoms. The number of hydrogen-bond acceptors (Lipinski definition) is 0. The summed E-state index contributed by atoms with van der Waals surface area (Å²) in [6.07, 6.45) is 3.83. The van der Waals surface area contributed by atoms with Crippen molar-refractivity contribution in [3.8, 4) is 0 Å². The Hall–Kier alpha value is 0.250. The van der Waals surface area contributed by atoms with Crippen LogP contribution < -0.4 is 0 Å². The van der Waals surface area contributed by atoms with Gasteiger partial charge in [-0.3, -0.25) is 0 Å². The molecule has 60 valence electrons. The fourth-order valence-electron chi connectivity index (χ4n) is 0.261. The molecule has 0 saturated carbocycles. The standard InChI is InChI=1S/C6H8BrCl.C2H6/c1-3-4-6(7)5(2)8;1-2/h3-4H,1-2H3;1-2H3/b4-3-,6-5-;. The Balaban J connectivity index is 0. The Kier molecular flexibility index (Phi) is 11.9. The summed E-state index contributed by atoms with van der Waals surface area (Å²) in [5.41, 5.74) is 0. The molecule has 10 heavy (non-hydrogen) atoms. The minimum atomic E-state index is 0.781. The summed E-state index contributed by atoms with van der Waals surface area (Å²) < 4.78 is 0.946. The summed E-state index contributed by atoms with van der Waals surface area (Å²) in [7, 11) is 0. The molecule has 0 heterocycles. The summed E-state index contributed by atoms with van der Waals surface area (Å²) in [6, 6.07) is 0. The van der Waals surface area contributed by atoms with Gasteiger partial charge >= 0.3 is 0 Å². The van der Waals surface area contributed by atoms with Gasteiger partial charge in [0.1, 0.15) is 0 Å². The van der Waals surface area contributed by atoms with Gasteiger partial charge in [0.05, 0.1) is 0 Å². The quantitative estimate of drug-likeness (QED) is 0.578. The highest BCUT2D eigenvalue weighted by molar-refractivity contribution is 9.12. The number of halogens is 2. The van der Waals surface area contributed by atoms with Crippen molar-refractivity contribution < 1.29 is 0 Å². The summed E-state index contributed by atoms with van der Waals surface area (Å²) >= 11 is 8.85. The molecule has 0 aliphatic heterocycles. The fourth-order valence-corrected chi connectivity index (χ4v) is 0.588. The second kappa shape index (κ2) is 9.25. The van der Waals surface area contributed by atoms with Gasteiger partial charge in [0.15, 0.2) is 0 Å². The van der Waals surface area contributed by atoms with Crippen LogP contribution in [0.5, 0.6) is 0 Å². The van der Waals surface area contributed by atoms with Gasteiger partial charge in [-0.15, -0.1) is 0 Å². The third kappa shape index (κ3) is 8.25. The predicted octanol–water partition coefficient (Wildman–Crippen LogP) is 4.45. The first-order valence-corrected chi connectivity index (χ1v) is 4.50. The van der Waals surface area contributed by atoms with Crippen LogP contribution in [0.1, 0.15) is 27.7 Å². The smallest absolute Gasteiger partial charge is 0.0314 e. The Morgan fingerprint density at radius 3 is 1.90 bits per heavy atom. The van der Waals surface area contributed by atoms with E-state index in [0.717, 1.165) is 9.51 Å². The first-order chi connectivity index (χ1) is 4.68. The van der Waals surface area contributed by atoms with E-state index in [2.05, 4.69) is 15.9 Å². The summed E-state index contributed by atoms with van der Waals surface area (Å²) in [5.74, 6) is 0. The Morgan fingerprint density at radius 1 is 1.40 bits per heavy atom. The lowest BCUT2D eigenvalue weighted by molar-refractivity contribution is 1.50. The highest BCUT2D eigenvalue weighted by atomic mass is 79.9. The molecule has 0 unspecified atom stereocenters. The molecule has 0 aromatic carbocycles. The molecule has 0 N–H and O–H groups in total. The van der Waals surface area contributed by atoms with Crippen molar-refractivity contribution >= 4 is 27.5 Å². The number of hydrogen-bond donors (Lipinski definition) is 0. The largest absolute Gasteiger partial charge is 0.0882 e. The molecular weight excluding hydrogens is 211 g/mol. The van der Waals surface area contributed by atoms with Crippen LogP contribution in [0.4, 0.5) is 0 Å². The molecule has 0 aliphatic carbocycles. The number of rotatable bonds is 1. The zero-order valence-corrected chi connectivity index (χ0v) is 9.25. The average Bonchev–Trinajstić information content (AvgIpc) is 1.93. The Labute approximate surface area is 77.1 Å². The van der Waals surface area contributed by atoms with E-state index >= 15 is 0 Å². The number of allylic oxidation sites excluding steroid dienone is 4. The van der Waals surface area contributed by atoms with Crippen LogP contribution in [0.2, 0.25) is 0 Å². The van der Waals surface area contributed by atoms with Gasteiger partial charge in [0.25, 0.3) is 0 Å². The van der Waals surface area contributed by atoms with E-state index in [1.54, 1.807) is 0 Å². The van der Waals surface area contributed by atoms with Crippen molar-refractivity contribution in [2.24, 2.45) is 0 Å². The lowest BCUT2D eigenvalue weighted by Crippen LogP contribution is -1.62. The van der Waals surface area contributed by atoms with E-state index in [9.17, 15) is 0 Å². The van der Waals surface area contributed by atoms with Gasteiger partial charge in [0, 0.05) is 9.51 Å². The molecule has 0 atom stereocenters. The third-order valence-electron chi connectivity index (χ3n) is 0.642. The first kappa shape index (κ1) is 12.9. The van der Waals surface area contributed by atoms with Gasteiger partial charge in [-0.1, -0.05) is 37.6 Å². The highest BCUT2D eigenvalue weighted by Gasteiger charge is 1.85. The molecule has 2 heteroatoms. The van der Waals surface area contributed by atoms with Gasteiger partial charge in [-0.05, 0) is 29.8 Å². The van der Waals surface area contributed by atoms with E-state index < -0.39 is 0 Å². The molecular formula is C8H14BrCl. The van der Waals surface area contributed by atoms with Crippen LogP contribution in [0, 0.1) is 0 Å². The lowest BCUT2D eigenvalue weighted by atomic mass is 10.4. The Bertz CT molecular complexity index is 121. The second-order valence-corrected chi connectivity index (χ2v) is 2.80. The molecule has 0 aromatic heterocycles. The molecule has 0 spiro atoms. The molecule has 0 saturated heterocycles. The lowest BCUT2D eigenvalue weighted by Gasteiger charge is -1.86. The zero-order chi connectivity index (χ0) is 8.57. The van der Waals surface area contributed by atoms with Crippen LogP contribution in [-0.2, 0) is 0 Å². The van der Waals surface area contributed by atoms with Crippen molar-refractivity contribution in [1.82, 2.24) is 0 Å². The van der Waals surface area contributed by atoms with E-state index in [4.69, 9.17) is 11.6 Å². The maximum absolute atomic E-state index is 5.59. The van der Waals surface area contributed by atoms with Crippen molar-refractivity contribution in [1.29, 1.82) is 0 Å². The maximum atomic E-state index is 5.59. The molecule has 0 aliphatic rings. The van der Waals surface area contributed by atoms with Crippen LogP contribution in [0.3, 0.4) is 0 Å². The SMILES string of the molecule is C/C=C\C(Br)=C(/C)Cl.CC. The van der Waals surface area contributed by atoms with Crippen LogP contribution >= 0.6 is 27.5 Å². The summed E-state index contributed by atoms with van der Waals surface area (Å²) in [5, 5.41) is 0.781. The minimum absolute atomic E-state index is 0.781. The fraction of sp³-hybridized carbons (Fsp3) is 0.500. The van der Waals surface area contributed by atoms with Gasteiger partial charge in [-0.25, -0.2) is 0 Å². The van der Waals surface area contributed by atoms with Crippen LogP contribution in [-0.4, -0.2) is 0 Å². The van der Waals surface area contributed by atoms with Crippen LogP contribution in [0.25, 0.3) is 0 Å². The van der Waals surface area contributed by atoms with Gasteiger partial charge < -0.3 is 0 Å². The second-order valence-electron chi connectivity index (χ2n) is 1.38. The van der Waals surface area contributed by atoms with Crippen molar-refractivity contribution in [3.63, 3.8) is 0 Å². The Morgan fingerprint density at radius 2 is 1.80 bits per heavy atom. The van der Waals surface area contributed by atoms with E-state index in [-0.39, 0.29) is 0 Å². The zero-order valence-electron chi connectivity index (χ0n) is 6.91. The molecule has 0 rings (SSSR count). The topological polar surface area (TPSA) is 0 Å². The van der Waals surface area contributed by atoms with E-state index in [1.807, 2.05) is 39.8 Å². The average molecular weight is 226 g/mol. The molecule has 0 aromatic rings. The summed E-state index contributed by atoms with van der Waals surface area (Å²) in [6.45, 7) is 7.78. The molecule has 0 amide bonds. The molecule has 0 fully saturated rings. The van der Waals surface area contributed by atoms with Crippen molar-refractivity contribution in [3.05, 3.63) is 21.7 Å². The van der Waals surface area contributed by atoms with Gasteiger partial charge in [-0.2, -0.15) is 0 Å². The first-order valence-electron chi connectivity index (χ1n) is 3.33. The molecule has 0 nitrogen and oxygen atoms in total. The van der Waals surface area contributed by atoms with Gasteiger partial charge in [0.2, 0.25) is 0 Å². The molecule has 0 radical (unpaired) electrons. The maximum Gasteiger partial charge on any atom is 0.0314 e.